The molecule has 31 heavy (non-hydrogen) atoms. The Morgan fingerprint density at radius 3 is 2.90 bits per heavy atom. The second kappa shape index (κ2) is 7.50. The van der Waals surface area contributed by atoms with Crippen LogP contribution in [-0.4, -0.2) is 33.2 Å². The first-order valence-electron chi connectivity index (χ1n) is 10.3. The van der Waals surface area contributed by atoms with E-state index in [9.17, 15) is 4.79 Å². The molecule has 3 heterocycles. The number of ether oxygens (including phenoxy) is 2. The Hall–Kier alpha value is -3.75. The summed E-state index contributed by atoms with van der Waals surface area (Å²) < 4.78 is 19.4. The summed E-state index contributed by atoms with van der Waals surface area (Å²) in [4.78, 5) is 20.8. The van der Waals surface area contributed by atoms with E-state index in [1.54, 1.807) is 0 Å². The number of oxazole rings is 1. The maximum Gasteiger partial charge on any atom is 0.292 e. The monoisotopic (exact) mass is 421 g/mol. The lowest BCUT2D eigenvalue weighted by atomic mass is 10.2. The first-order valence-corrected chi connectivity index (χ1v) is 10.3. The van der Waals surface area contributed by atoms with Crippen LogP contribution in [0.4, 0.5) is 6.01 Å². The molecule has 0 saturated heterocycles. The highest BCUT2D eigenvalue weighted by Crippen LogP contribution is 2.37. The lowest BCUT2D eigenvalue weighted by molar-refractivity contribution is -0.124. The molecule has 2 aromatic heterocycles. The van der Waals surface area contributed by atoms with Crippen molar-refractivity contribution in [3.63, 3.8) is 0 Å². The molecule has 9 heteroatoms. The fraction of sp³-hybridized carbons (Fsp3) is 0.318. The van der Waals surface area contributed by atoms with Gasteiger partial charge in [-0.25, -0.2) is 4.98 Å². The average Bonchev–Trinajstić information content (AvgIpc) is 3.28. The third-order valence-corrected chi connectivity index (χ3v) is 5.44. The fourth-order valence-electron chi connectivity index (χ4n) is 3.97. The molecule has 160 valence electrons. The standard InChI is InChI=1S/C22H23N5O4/c1-2-16(20(23)28)30-13-10-15-19-18(11-13)29-8-4-3-7-27(19)21(25-15)12-5-6-17-14(9-12)26-22(24)31-17/h5-6,9-11,16H,2-4,7-8H2,1H3,(H2,23,28)(H2,24,26)/t16-/m0/s1. The number of nitrogen functional groups attached to an aromatic ring is 1. The van der Waals surface area contributed by atoms with Gasteiger partial charge in [0.15, 0.2) is 11.7 Å². The van der Waals surface area contributed by atoms with Crippen LogP contribution in [-0.2, 0) is 11.3 Å². The number of fused-ring (bicyclic) bond motifs is 1. The minimum atomic E-state index is -0.709. The quantitative estimate of drug-likeness (QED) is 0.505. The molecule has 1 atom stereocenters. The van der Waals surface area contributed by atoms with Gasteiger partial charge in [0.25, 0.3) is 11.9 Å². The van der Waals surface area contributed by atoms with Gasteiger partial charge in [0, 0.05) is 24.2 Å². The first kappa shape index (κ1) is 19.2. The Labute approximate surface area is 177 Å². The summed E-state index contributed by atoms with van der Waals surface area (Å²) in [5.41, 5.74) is 15.0. The largest absolute Gasteiger partial charge is 0.491 e. The highest BCUT2D eigenvalue weighted by atomic mass is 16.5. The number of aromatic nitrogens is 3. The molecule has 0 bridgehead atoms. The number of hydrogen-bond acceptors (Lipinski definition) is 7. The minimum absolute atomic E-state index is 0.132. The third kappa shape index (κ3) is 3.41. The Balaban J connectivity index is 1.66. The summed E-state index contributed by atoms with van der Waals surface area (Å²) in [6.07, 6.45) is 1.65. The van der Waals surface area contributed by atoms with Crippen molar-refractivity contribution in [3.8, 4) is 22.9 Å². The van der Waals surface area contributed by atoms with Gasteiger partial charge in [-0.1, -0.05) is 6.92 Å². The maximum absolute atomic E-state index is 11.6. The number of carbonyl (C=O) groups is 1. The van der Waals surface area contributed by atoms with Crippen LogP contribution < -0.4 is 20.9 Å². The molecule has 1 aliphatic rings. The zero-order valence-electron chi connectivity index (χ0n) is 17.1. The molecule has 4 aromatic rings. The van der Waals surface area contributed by atoms with Gasteiger partial charge in [0.05, 0.1) is 12.1 Å². The smallest absolute Gasteiger partial charge is 0.292 e. The lowest BCUT2D eigenvalue weighted by Crippen LogP contribution is -2.32. The number of benzene rings is 2. The second-order valence-electron chi connectivity index (χ2n) is 7.58. The van der Waals surface area contributed by atoms with Gasteiger partial charge in [-0.3, -0.25) is 4.79 Å². The predicted octanol–water partition coefficient (Wildman–Crippen LogP) is 3.24. The van der Waals surface area contributed by atoms with Crippen LogP contribution in [0.25, 0.3) is 33.5 Å². The molecule has 4 N–H and O–H groups in total. The summed E-state index contributed by atoms with van der Waals surface area (Å²) in [5.74, 6) is 1.48. The van der Waals surface area contributed by atoms with E-state index < -0.39 is 12.0 Å². The van der Waals surface area contributed by atoms with Crippen molar-refractivity contribution in [3.05, 3.63) is 30.3 Å². The lowest BCUT2D eigenvalue weighted by Gasteiger charge is -2.18. The number of hydrogen-bond donors (Lipinski definition) is 2. The van der Waals surface area contributed by atoms with Crippen molar-refractivity contribution in [2.45, 2.75) is 38.8 Å². The third-order valence-electron chi connectivity index (χ3n) is 5.44. The Morgan fingerprint density at radius 1 is 1.23 bits per heavy atom. The molecule has 1 aliphatic heterocycles. The van der Waals surface area contributed by atoms with E-state index in [0.29, 0.717) is 35.6 Å². The first-order chi connectivity index (χ1) is 15.0. The Bertz CT molecular complexity index is 1290. The van der Waals surface area contributed by atoms with Gasteiger partial charge in [-0.15, -0.1) is 0 Å². The van der Waals surface area contributed by atoms with Crippen LogP contribution in [0.5, 0.6) is 11.5 Å². The van der Waals surface area contributed by atoms with Crippen LogP contribution in [0, 0.1) is 0 Å². The zero-order valence-corrected chi connectivity index (χ0v) is 17.1. The molecule has 2 aromatic carbocycles. The number of nitrogens with two attached hydrogens (primary N) is 2. The number of aryl methyl sites for hydroxylation is 1. The van der Waals surface area contributed by atoms with Gasteiger partial charge in [-0.05, 0) is 37.5 Å². The zero-order chi connectivity index (χ0) is 21.5. The number of anilines is 1. The Kier molecular flexibility index (Phi) is 4.65. The van der Waals surface area contributed by atoms with Crippen molar-refractivity contribution in [1.82, 2.24) is 14.5 Å². The van der Waals surface area contributed by atoms with Gasteiger partial charge in [0.2, 0.25) is 0 Å². The van der Waals surface area contributed by atoms with Crippen molar-refractivity contribution in [2.75, 3.05) is 12.3 Å². The van der Waals surface area contributed by atoms with E-state index in [1.807, 2.05) is 37.3 Å². The molecule has 0 spiro atoms. The number of carbonyl (C=O) groups excluding carboxylic acids is 1. The summed E-state index contributed by atoms with van der Waals surface area (Å²) in [6.45, 7) is 3.26. The fourth-order valence-corrected chi connectivity index (χ4v) is 3.97. The van der Waals surface area contributed by atoms with Crippen LogP contribution in [0.2, 0.25) is 0 Å². The Morgan fingerprint density at radius 2 is 2.10 bits per heavy atom. The number of nitrogens with zero attached hydrogens (tertiary/aromatic N) is 3. The highest BCUT2D eigenvalue weighted by Gasteiger charge is 2.22. The summed E-state index contributed by atoms with van der Waals surface area (Å²) in [5, 5.41) is 0. The molecular weight excluding hydrogens is 398 g/mol. The van der Waals surface area contributed by atoms with E-state index in [2.05, 4.69) is 9.55 Å². The molecule has 1 amide bonds. The molecule has 0 aliphatic carbocycles. The van der Waals surface area contributed by atoms with Crippen molar-refractivity contribution >= 4 is 34.1 Å². The average molecular weight is 421 g/mol. The van der Waals surface area contributed by atoms with Gasteiger partial charge >= 0.3 is 0 Å². The van der Waals surface area contributed by atoms with E-state index in [0.717, 1.165) is 41.8 Å². The molecule has 0 unspecified atom stereocenters. The van der Waals surface area contributed by atoms with Gasteiger partial charge < -0.3 is 29.9 Å². The van der Waals surface area contributed by atoms with Gasteiger partial charge in [0.1, 0.15) is 28.4 Å². The number of imidazole rings is 1. The normalized spacial score (nSPS) is 14.7. The second-order valence-corrected chi connectivity index (χ2v) is 7.58. The van der Waals surface area contributed by atoms with E-state index in [4.69, 9.17) is 30.3 Å². The van der Waals surface area contributed by atoms with Crippen molar-refractivity contribution < 1.29 is 18.7 Å². The molecule has 0 radical (unpaired) electrons. The van der Waals surface area contributed by atoms with Crippen LogP contribution in [0.3, 0.4) is 0 Å². The van der Waals surface area contributed by atoms with Crippen LogP contribution >= 0.6 is 0 Å². The van der Waals surface area contributed by atoms with Crippen molar-refractivity contribution in [1.29, 1.82) is 0 Å². The molecule has 9 nitrogen and oxygen atoms in total. The molecule has 0 saturated carbocycles. The number of primary amides is 1. The molecule has 5 rings (SSSR count). The van der Waals surface area contributed by atoms with Crippen molar-refractivity contribution in [2.24, 2.45) is 5.73 Å². The van der Waals surface area contributed by atoms with Gasteiger partial charge in [-0.2, -0.15) is 4.98 Å². The predicted molar refractivity (Wildman–Crippen MR) is 116 cm³/mol. The van der Waals surface area contributed by atoms with E-state index >= 15 is 0 Å². The van der Waals surface area contributed by atoms with Crippen LogP contribution in [0.1, 0.15) is 26.2 Å². The molecular formula is C22H23N5O4. The summed E-state index contributed by atoms with van der Waals surface area (Å²) in [7, 11) is 0. The summed E-state index contributed by atoms with van der Waals surface area (Å²) in [6, 6.07) is 9.46. The number of rotatable bonds is 5. The topological polar surface area (TPSA) is 131 Å². The minimum Gasteiger partial charge on any atom is -0.491 e. The SMILES string of the molecule is CC[C@H](Oc1cc2c3c(c1)nc(-c1ccc4oc(N)nc4c1)n3CCCCO2)C(N)=O. The van der Waals surface area contributed by atoms with E-state index in [-0.39, 0.29) is 6.01 Å². The summed E-state index contributed by atoms with van der Waals surface area (Å²) >= 11 is 0. The highest BCUT2D eigenvalue weighted by molar-refractivity contribution is 5.89. The number of amides is 1. The maximum atomic E-state index is 11.6. The van der Waals surface area contributed by atoms with Crippen LogP contribution in [0.15, 0.2) is 34.7 Å². The van der Waals surface area contributed by atoms with E-state index in [1.165, 1.54) is 0 Å². The molecule has 0 fully saturated rings.